The van der Waals surface area contributed by atoms with Crippen LogP contribution in [0.1, 0.15) is 5.56 Å². The third-order valence-corrected chi connectivity index (χ3v) is 5.71. The van der Waals surface area contributed by atoms with Crippen LogP contribution in [-0.2, 0) is 11.2 Å². The first-order chi connectivity index (χ1) is 13.0. The van der Waals surface area contributed by atoms with E-state index >= 15 is 0 Å². The highest BCUT2D eigenvalue weighted by Crippen LogP contribution is 2.38. The van der Waals surface area contributed by atoms with Gasteiger partial charge in [0.15, 0.2) is 5.82 Å². The van der Waals surface area contributed by atoms with Crippen molar-refractivity contribution in [1.82, 2.24) is 20.2 Å². The quantitative estimate of drug-likeness (QED) is 0.445. The molecule has 0 aliphatic carbocycles. The Morgan fingerprint density at radius 3 is 2.96 bits per heavy atom. The molecule has 0 spiro atoms. The zero-order valence-electron chi connectivity index (χ0n) is 13.5. The smallest absolute Gasteiger partial charge is 0.252 e. The van der Waals surface area contributed by atoms with Crippen molar-refractivity contribution in [2.75, 3.05) is 5.32 Å². The SMILES string of the molecule is O=C(Cc1cc2cc(F)ccc2[nH]c1=O)Nc1scc(Br)c1-c1ncn[nH]1. The number of halogens is 2. The van der Waals surface area contributed by atoms with Crippen LogP contribution in [0.25, 0.3) is 22.3 Å². The second-order valence-electron chi connectivity index (χ2n) is 5.70. The Balaban J connectivity index is 1.60. The largest absolute Gasteiger partial charge is 0.322 e. The predicted octanol–water partition coefficient (Wildman–Crippen LogP) is 3.46. The van der Waals surface area contributed by atoms with Crippen molar-refractivity contribution >= 4 is 49.1 Å². The van der Waals surface area contributed by atoms with Gasteiger partial charge in [0.1, 0.15) is 17.1 Å². The van der Waals surface area contributed by atoms with Gasteiger partial charge in [0.2, 0.25) is 5.91 Å². The molecule has 0 bridgehead atoms. The molecule has 0 saturated carbocycles. The summed E-state index contributed by atoms with van der Waals surface area (Å²) < 4.78 is 14.2. The number of hydrogen-bond donors (Lipinski definition) is 3. The number of nitrogens with one attached hydrogen (secondary N) is 3. The van der Waals surface area contributed by atoms with Gasteiger partial charge in [0, 0.05) is 26.3 Å². The van der Waals surface area contributed by atoms with Crippen LogP contribution in [0.5, 0.6) is 0 Å². The van der Waals surface area contributed by atoms with Gasteiger partial charge in [-0.25, -0.2) is 9.37 Å². The number of aromatic nitrogens is 4. The van der Waals surface area contributed by atoms with Gasteiger partial charge in [-0.05, 0) is 40.2 Å². The van der Waals surface area contributed by atoms with Crippen molar-refractivity contribution in [3.05, 3.63) is 62.2 Å². The maximum atomic E-state index is 13.4. The molecule has 3 N–H and O–H groups in total. The molecule has 1 amide bonds. The number of fused-ring (bicyclic) bond motifs is 1. The molecule has 0 fully saturated rings. The van der Waals surface area contributed by atoms with Crippen molar-refractivity contribution in [3.8, 4) is 11.4 Å². The number of rotatable bonds is 4. The normalized spacial score (nSPS) is 11.0. The van der Waals surface area contributed by atoms with Crippen LogP contribution in [-0.4, -0.2) is 26.1 Å². The number of carbonyl (C=O) groups excluding carboxylic acids is 1. The summed E-state index contributed by atoms with van der Waals surface area (Å²) in [4.78, 5) is 31.4. The Morgan fingerprint density at radius 2 is 2.19 bits per heavy atom. The van der Waals surface area contributed by atoms with Crippen molar-refractivity contribution in [1.29, 1.82) is 0 Å². The molecule has 0 aliphatic heterocycles. The number of hydrogen-bond acceptors (Lipinski definition) is 5. The first-order valence-electron chi connectivity index (χ1n) is 7.75. The summed E-state index contributed by atoms with van der Waals surface area (Å²) in [6.07, 6.45) is 1.23. The predicted molar refractivity (Wildman–Crippen MR) is 104 cm³/mol. The molecule has 4 aromatic rings. The minimum absolute atomic E-state index is 0.146. The van der Waals surface area contributed by atoms with Crippen LogP contribution in [0, 0.1) is 5.82 Å². The van der Waals surface area contributed by atoms with E-state index in [-0.39, 0.29) is 23.5 Å². The summed E-state index contributed by atoms with van der Waals surface area (Å²) in [6.45, 7) is 0. The third-order valence-electron chi connectivity index (χ3n) is 3.89. The highest BCUT2D eigenvalue weighted by Gasteiger charge is 2.17. The fourth-order valence-corrected chi connectivity index (χ4v) is 4.31. The topological polar surface area (TPSA) is 104 Å². The number of benzene rings is 1. The maximum absolute atomic E-state index is 13.4. The van der Waals surface area contributed by atoms with Gasteiger partial charge in [-0.1, -0.05) is 0 Å². The van der Waals surface area contributed by atoms with E-state index < -0.39 is 5.82 Å². The Labute approximate surface area is 163 Å². The van der Waals surface area contributed by atoms with Gasteiger partial charge >= 0.3 is 0 Å². The van der Waals surface area contributed by atoms with E-state index in [1.165, 1.54) is 41.9 Å². The van der Waals surface area contributed by atoms with E-state index in [4.69, 9.17) is 0 Å². The number of thiophene rings is 1. The lowest BCUT2D eigenvalue weighted by Gasteiger charge is -2.06. The van der Waals surface area contributed by atoms with E-state index in [0.29, 0.717) is 27.3 Å². The number of nitrogens with zero attached hydrogens (tertiary/aromatic N) is 2. The van der Waals surface area contributed by atoms with Gasteiger partial charge in [-0.2, -0.15) is 5.10 Å². The molecular weight excluding hydrogens is 437 g/mol. The lowest BCUT2D eigenvalue weighted by atomic mass is 10.1. The van der Waals surface area contributed by atoms with Crippen molar-refractivity contribution in [3.63, 3.8) is 0 Å². The van der Waals surface area contributed by atoms with Crippen LogP contribution in [0.2, 0.25) is 0 Å². The Kier molecular flexibility index (Phi) is 4.58. The molecule has 3 heterocycles. The third kappa shape index (κ3) is 3.53. The summed E-state index contributed by atoms with van der Waals surface area (Å²) in [7, 11) is 0. The lowest BCUT2D eigenvalue weighted by molar-refractivity contribution is -0.115. The summed E-state index contributed by atoms with van der Waals surface area (Å²) in [5.74, 6) is -0.270. The standard InChI is InChI=1S/C17H11BrFN5O2S/c18-11-6-27-17(14(11)15-20-7-21-24-15)23-13(25)5-9-3-8-4-10(19)1-2-12(8)22-16(9)26/h1-4,6-7H,5H2,(H,22,26)(H,23,25)(H,20,21,24). The number of pyridine rings is 1. The van der Waals surface area contributed by atoms with Crippen LogP contribution in [0.4, 0.5) is 9.39 Å². The van der Waals surface area contributed by atoms with Gasteiger partial charge in [0.05, 0.1) is 12.0 Å². The molecule has 4 rings (SSSR count). The van der Waals surface area contributed by atoms with Crippen LogP contribution < -0.4 is 10.9 Å². The molecule has 3 aromatic heterocycles. The van der Waals surface area contributed by atoms with E-state index in [9.17, 15) is 14.0 Å². The molecule has 27 heavy (non-hydrogen) atoms. The lowest BCUT2D eigenvalue weighted by Crippen LogP contribution is -2.21. The molecule has 136 valence electrons. The summed E-state index contributed by atoms with van der Waals surface area (Å²) in [6, 6.07) is 5.59. The van der Waals surface area contributed by atoms with Gasteiger partial charge in [-0.3, -0.25) is 14.7 Å². The van der Waals surface area contributed by atoms with Crippen LogP contribution in [0.3, 0.4) is 0 Å². The molecule has 0 atom stereocenters. The highest BCUT2D eigenvalue weighted by atomic mass is 79.9. The summed E-state index contributed by atoms with van der Waals surface area (Å²) in [5, 5.41) is 12.3. The molecule has 1 aromatic carbocycles. The maximum Gasteiger partial charge on any atom is 0.252 e. The van der Waals surface area contributed by atoms with Gasteiger partial charge in [0.25, 0.3) is 5.56 Å². The monoisotopic (exact) mass is 447 g/mol. The second kappa shape index (κ2) is 7.05. The minimum atomic E-state index is -0.412. The summed E-state index contributed by atoms with van der Waals surface area (Å²) in [5.41, 5.74) is 1.07. The Bertz CT molecular complexity index is 1200. The Hall–Kier alpha value is -2.85. The number of anilines is 1. The number of aromatic amines is 2. The molecule has 7 nitrogen and oxygen atoms in total. The van der Waals surface area contributed by atoms with E-state index in [2.05, 4.69) is 41.4 Å². The molecular formula is C17H11BrFN5O2S. The van der Waals surface area contributed by atoms with Crippen LogP contribution in [0.15, 0.2) is 45.2 Å². The van der Waals surface area contributed by atoms with E-state index in [1.54, 1.807) is 0 Å². The number of amides is 1. The number of carbonyl (C=O) groups is 1. The molecule has 0 radical (unpaired) electrons. The highest BCUT2D eigenvalue weighted by molar-refractivity contribution is 9.10. The van der Waals surface area contributed by atoms with Crippen LogP contribution >= 0.6 is 27.3 Å². The Morgan fingerprint density at radius 1 is 1.33 bits per heavy atom. The van der Waals surface area contributed by atoms with E-state index in [0.717, 1.165) is 4.47 Å². The molecule has 10 heteroatoms. The molecule has 0 saturated heterocycles. The van der Waals surface area contributed by atoms with Crippen molar-refractivity contribution in [2.24, 2.45) is 0 Å². The summed E-state index contributed by atoms with van der Waals surface area (Å²) >= 11 is 4.74. The van der Waals surface area contributed by atoms with Gasteiger partial charge < -0.3 is 10.3 Å². The fraction of sp³-hybridized carbons (Fsp3) is 0.0588. The molecule has 0 unspecified atom stereocenters. The number of H-pyrrole nitrogens is 2. The zero-order valence-corrected chi connectivity index (χ0v) is 15.9. The fourth-order valence-electron chi connectivity index (χ4n) is 2.67. The van der Waals surface area contributed by atoms with Gasteiger partial charge in [-0.15, -0.1) is 11.3 Å². The average Bonchev–Trinajstić information content (AvgIpc) is 3.26. The zero-order chi connectivity index (χ0) is 19.0. The van der Waals surface area contributed by atoms with Crippen molar-refractivity contribution < 1.29 is 9.18 Å². The van der Waals surface area contributed by atoms with Crippen molar-refractivity contribution in [2.45, 2.75) is 6.42 Å². The first-order valence-corrected chi connectivity index (χ1v) is 9.42. The minimum Gasteiger partial charge on any atom is -0.322 e. The second-order valence-corrected chi connectivity index (χ2v) is 7.44. The average molecular weight is 448 g/mol. The van der Waals surface area contributed by atoms with E-state index in [1.807, 2.05) is 5.38 Å². The molecule has 0 aliphatic rings. The first kappa shape index (κ1) is 17.6.